The smallest absolute Gasteiger partial charge is 0.352 e. The zero-order valence-electron chi connectivity index (χ0n) is 13.3. The topological polar surface area (TPSA) is 72.8 Å². The van der Waals surface area contributed by atoms with Gasteiger partial charge in [-0.15, -0.1) is 0 Å². The Labute approximate surface area is 144 Å². The predicted octanol–water partition coefficient (Wildman–Crippen LogP) is 4.11. The quantitative estimate of drug-likeness (QED) is 0.628. The zero-order valence-corrected chi connectivity index (χ0v) is 14.0. The maximum absolute atomic E-state index is 12.3. The van der Waals surface area contributed by atoms with Crippen molar-refractivity contribution in [3.8, 4) is 11.5 Å². The first-order chi connectivity index (χ1) is 11.4. The highest BCUT2D eigenvalue weighted by molar-refractivity contribution is 6.31. The van der Waals surface area contributed by atoms with Crippen LogP contribution in [-0.4, -0.2) is 23.1 Å². The number of ether oxygens (including phenoxy) is 2. The van der Waals surface area contributed by atoms with E-state index in [2.05, 4.69) is 0 Å². The molecule has 2 aromatic rings. The Morgan fingerprint density at radius 1 is 1.17 bits per heavy atom. The molecule has 0 aliphatic rings. The fourth-order valence-electron chi connectivity index (χ4n) is 2.07. The van der Waals surface area contributed by atoms with Gasteiger partial charge in [-0.2, -0.15) is 0 Å². The first kappa shape index (κ1) is 17.8. The standard InChI is InChI=1S/C18H17ClO5/c1-3-14(23-15-7-5-4-6-11(15)2)18(22)24-16-9-8-12(19)10-13(16)17(20)21/h4-10,14H,3H2,1-2H3,(H,20,21). The van der Waals surface area contributed by atoms with Gasteiger partial charge in [-0.3, -0.25) is 0 Å². The lowest BCUT2D eigenvalue weighted by Gasteiger charge is -2.18. The van der Waals surface area contributed by atoms with Crippen molar-refractivity contribution in [3.63, 3.8) is 0 Å². The molecule has 6 heteroatoms. The molecule has 0 aliphatic carbocycles. The first-order valence-electron chi connectivity index (χ1n) is 7.39. The van der Waals surface area contributed by atoms with E-state index in [1.54, 1.807) is 13.0 Å². The second kappa shape index (κ2) is 7.84. The summed E-state index contributed by atoms with van der Waals surface area (Å²) in [4.78, 5) is 23.6. The van der Waals surface area contributed by atoms with Crippen LogP contribution >= 0.6 is 11.6 Å². The molecule has 126 valence electrons. The van der Waals surface area contributed by atoms with Gasteiger partial charge >= 0.3 is 11.9 Å². The number of hydrogen-bond donors (Lipinski definition) is 1. The molecule has 2 aromatic carbocycles. The monoisotopic (exact) mass is 348 g/mol. The van der Waals surface area contributed by atoms with Crippen molar-refractivity contribution in [1.82, 2.24) is 0 Å². The number of carbonyl (C=O) groups is 2. The van der Waals surface area contributed by atoms with Crippen LogP contribution < -0.4 is 9.47 Å². The number of halogens is 1. The van der Waals surface area contributed by atoms with Crippen LogP contribution in [0.1, 0.15) is 29.3 Å². The lowest BCUT2D eigenvalue weighted by Crippen LogP contribution is -2.31. The van der Waals surface area contributed by atoms with Crippen molar-refractivity contribution in [1.29, 1.82) is 0 Å². The summed E-state index contributed by atoms with van der Waals surface area (Å²) in [5.74, 6) is -1.38. The molecule has 0 heterocycles. The number of carboxylic acids is 1. The number of esters is 1. The number of aromatic carboxylic acids is 1. The van der Waals surface area contributed by atoms with Crippen molar-refractivity contribution in [2.24, 2.45) is 0 Å². The Balaban J connectivity index is 2.18. The minimum atomic E-state index is -1.23. The second-order valence-corrected chi connectivity index (χ2v) is 5.58. The summed E-state index contributed by atoms with van der Waals surface area (Å²) in [6, 6.07) is 11.3. The van der Waals surface area contributed by atoms with Crippen LogP contribution in [0.5, 0.6) is 11.5 Å². The minimum Gasteiger partial charge on any atom is -0.478 e. The summed E-state index contributed by atoms with van der Waals surface area (Å²) in [5, 5.41) is 9.43. The molecule has 24 heavy (non-hydrogen) atoms. The Kier molecular flexibility index (Phi) is 5.82. The number of benzene rings is 2. The van der Waals surface area contributed by atoms with Gasteiger partial charge < -0.3 is 14.6 Å². The minimum absolute atomic E-state index is 0.0660. The van der Waals surface area contributed by atoms with E-state index in [-0.39, 0.29) is 16.3 Å². The largest absolute Gasteiger partial charge is 0.478 e. The van der Waals surface area contributed by atoms with E-state index in [4.69, 9.17) is 21.1 Å². The van der Waals surface area contributed by atoms with E-state index in [0.717, 1.165) is 5.56 Å². The molecule has 0 radical (unpaired) electrons. The Hall–Kier alpha value is -2.53. The van der Waals surface area contributed by atoms with Crippen LogP contribution in [0.15, 0.2) is 42.5 Å². The highest BCUT2D eigenvalue weighted by Crippen LogP contribution is 2.25. The third-order valence-corrected chi connectivity index (χ3v) is 3.61. The molecule has 0 saturated heterocycles. The summed E-state index contributed by atoms with van der Waals surface area (Å²) in [6.45, 7) is 3.65. The molecular formula is C18H17ClO5. The fourth-order valence-corrected chi connectivity index (χ4v) is 2.24. The third kappa shape index (κ3) is 4.26. The van der Waals surface area contributed by atoms with Gasteiger partial charge in [0.2, 0.25) is 0 Å². The van der Waals surface area contributed by atoms with Crippen LogP contribution in [0.25, 0.3) is 0 Å². The number of carbonyl (C=O) groups excluding carboxylic acids is 1. The number of carboxylic acid groups (broad SMARTS) is 1. The highest BCUT2D eigenvalue weighted by Gasteiger charge is 2.24. The van der Waals surface area contributed by atoms with Crippen molar-refractivity contribution < 1.29 is 24.2 Å². The van der Waals surface area contributed by atoms with E-state index in [9.17, 15) is 14.7 Å². The molecule has 0 bridgehead atoms. The summed E-state index contributed by atoms with van der Waals surface area (Å²) < 4.78 is 10.9. The van der Waals surface area contributed by atoms with E-state index in [0.29, 0.717) is 12.2 Å². The van der Waals surface area contributed by atoms with Crippen LogP contribution in [0.4, 0.5) is 0 Å². The van der Waals surface area contributed by atoms with E-state index in [1.165, 1.54) is 18.2 Å². The SMILES string of the molecule is CCC(Oc1ccccc1C)C(=O)Oc1ccc(Cl)cc1C(=O)O. The molecule has 5 nitrogen and oxygen atoms in total. The van der Waals surface area contributed by atoms with Crippen LogP contribution in [0.2, 0.25) is 5.02 Å². The summed E-state index contributed by atoms with van der Waals surface area (Å²) in [6.07, 6.45) is -0.466. The Morgan fingerprint density at radius 3 is 2.50 bits per heavy atom. The molecule has 0 saturated carbocycles. The molecular weight excluding hydrogens is 332 g/mol. The van der Waals surface area contributed by atoms with E-state index >= 15 is 0 Å². The van der Waals surface area contributed by atoms with Crippen LogP contribution in [0, 0.1) is 6.92 Å². The average Bonchev–Trinajstić information content (AvgIpc) is 2.55. The fraction of sp³-hybridized carbons (Fsp3) is 0.222. The molecule has 2 rings (SSSR count). The maximum Gasteiger partial charge on any atom is 0.352 e. The second-order valence-electron chi connectivity index (χ2n) is 5.15. The average molecular weight is 349 g/mol. The lowest BCUT2D eigenvalue weighted by atomic mass is 10.2. The van der Waals surface area contributed by atoms with Crippen LogP contribution in [-0.2, 0) is 4.79 Å². The summed E-state index contributed by atoms with van der Waals surface area (Å²) >= 11 is 5.78. The van der Waals surface area contributed by atoms with Gasteiger partial charge in [-0.05, 0) is 43.2 Å². The van der Waals surface area contributed by atoms with Crippen LogP contribution in [0.3, 0.4) is 0 Å². The molecule has 1 atom stereocenters. The molecule has 0 aromatic heterocycles. The maximum atomic E-state index is 12.3. The van der Waals surface area contributed by atoms with Crippen molar-refractivity contribution >= 4 is 23.5 Å². The Morgan fingerprint density at radius 2 is 1.88 bits per heavy atom. The van der Waals surface area contributed by atoms with Crippen molar-refractivity contribution in [2.75, 3.05) is 0 Å². The lowest BCUT2D eigenvalue weighted by molar-refractivity contribution is -0.142. The van der Waals surface area contributed by atoms with Crippen molar-refractivity contribution in [3.05, 3.63) is 58.6 Å². The number of hydrogen-bond acceptors (Lipinski definition) is 4. The zero-order chi connectivity index (χ0) is 17.7. The van der Waals surface area contributed by atoms with E-state index in [1.807, 2.05) is 25.1 Å². The first-order valence-corrected chi connectivity index (χ1v) is 7.77. The van der Waals surface area contributed by atoms with Gasteiger partial charge in [0.05, 0.1) is 0 Å². The van der Waals surface area contributed by atoms with Gasteiger partial charge in [-0.25, -0.2) is 9.59 Å². The van der Waals surface area contributed by atoms with Gasteiger partial charge in [0.1, 0.15) is 17.1 Å². The third-order valence-electron chi connectivity index (χ3n) is 3.38. The molecule has 0 spiro atoms. The van der Waals surface area contributed by atoms with E-state index < -0.39 is 18.0 Å². The molecule has 0 amide bonds. The summed E-state index contributed by atoms with van der Waals surface area (Å²) in [7, 11) is 0. The molecule has 1 unspecified atom stereocenters. The van der Waals surface area contributed by atoms with Gasteiger partial charge in [-0.1, -0.05) is 36.7 Å². The molecule has 0 fully saturated rings. The summed E-state index contributed by atoms with van der Waals surface area (Å²) in [5.41, 5.74) is 0.711. The van der Waals surface area contributed by atoms with Crippen molar-refractivity contribution in [2.45, 2.75) is 26.4 Å². The number of rotatable bonds is 6. The normalized spacial score (nSPS) is 11.6. The van der Waals surface area contributed by atoms with Gasteiger partial charge in [0, 0.05) is 5.02 Å². The number of para-hydroxylation sites is 1. The molecule has 1 N–H and O–H groups in total. The van der Waals surface area contributed by atoms with Gasteiger partial charge in [0.15, 0.2) is 6.10 Å². The van der Waals surface area contributed by atoms with Gasteiger partial charge in [0.25, 0.3) is 0 Å². The predicted molar refractivity (Wildman–Crippen MR) is 89.9 cm³/mol. The molecule has 0 aliphatic heterocycles. The highest BCUT2D eigenvalue weighted by atomic mass is 35.5. The Bertz CT molecular complexity index is 757. The number of aryl methyl sites for hydroxylation is 1.